The molecule has 1 atom stereocenters. The third kappa shape index (κ3) is 3.11. The molecular formula is C17H13Cl2N3O4. The monoisotopic (exact) mass is 393 g/mol. The topological polar surface area (TPSA) is 92.6 Å². The predicted molar refractivity (Wildman–Crippen MR) is 96.0 cm³/mol. The molecule has 1 aliphatic heterocycles. The van der Waals surface area contributed by atoms with Gasteiger partial charge in [0.05, 0.1) is 11.5 Å². The van der Waals surface area contributed by atoms with E-state index in [9.17, 15) is 19.7 Å². The van der Waals surface area contributed by atoms with Crippen LogP contribution in [0.2, 0.25) is 10.0 Å². The maximum absolute atomic E-state index is 12.9. The van der Waals surface area contributed by atoms with Crippen molar-refractivity contribution in [3.63, 3.8) is 0 Å². The molecule has 0 spiro atoms. The van der Waals surface area contributed by atoms with Crippen LogP contribution in [0.5, 0.6) is 0 Å². The summed E-state index contributed by atoms with van der Waals surface area (Å²) in [6.45, 7) is 1.54. The molecule has 1 heterocycles. The van der Waals surface area contributed by atoms with Crippen molar-refractivity contribution in [2.75, 3.05) is 0 Å². The molecule has 3 amide bonds. The zero-order valence-corrected chi connectivity index (χ0v) is 15.0. The number of carbonyl (C=O) groups excluding carboxylic acids is 2. The van der Waals surface area contributed by atoms with Crippen molar-refractivity contribution in [1.82, 2.24) is 10.2 Å². The first-order valence-corrected chi connectivity index (χ1v) is 8.31. The van der Waals surface area contributed by atoms with Gasteiger partial charge in [-0.15, -0.1) is 0 Å². The van der Waals surface area contributed by atoms with Gasteiger partial charge in [0.1, 0.15) is 5.54 Å². The molecule has 0 aromatic heterocycles. The average Bonchev–Trinajstić information content (AvgIpc) is 2.81. The lowest BCUT2D eigenvalue weighted by Crippen LogP contribution is -2.40. The lowest BCUT2D eigenvalue weighted by Gasteiger charge is -2.22. The molecule has 0 saturated carbocycles. The molecule has 0 bridgehead atoms. The molecule has 3 rings (SSSR count). The fourth-order valence-electron chi connectivity index (χ4n) is 2.77. The van der Waals surface area contributed by atoms with Crippen LogP contribution < -0.4 is 5.32 Å². The van der Waals surface area contributed by atoms with Crippen LogP contribution in [0, 0.1) is 10.1 Å². The number of amides is 3. The maximum Gasteiger partial charge on any atom is 0.325 e. The molecule has 1 fully saturated rings. The van der Waals surface area contributed by atoms with Gasteiger partial charge in [-0.2, -0.15) is 0 Å². The van der Waals surface area contributed by atoms with E-state index >= 15 is 0 Å². The Hall–Kier alpha value is -2.64. The number of nitrogens with zero attached hydrogens (tertiary/aromatic N) is 2. The van der Waals surface area contributed by atoms with Crippen LogP contribution >= 0.6 is 23.2 Å². The number of rotatable bonds is 4. The summed E-state index contributed by atoms with van der Waals surface area (Å²) in [6.07, 6.45) is 0. The van der Waals surface area contributed by atoms with E-state index in [0.717, 1.165) is 4.90 Å². The number of non-ortho nitro benzene ring substituents is 1. The number of carbonyl (C=O) groups is 2. The highest BCUT2D eigenvalue weighted by Gasteiger charge is 2.49. The standard InChI is InChI=1S/C17H13Cl2N3O4/c1-17(11-3-6-13(7-4-11)22(25)26)15(23)21(16(24)20-17)9-10-2-5-12(18)8-14(10)19/h2-8H,9H2,1H3,(H,20,24). The van der Waals surface area contributed by atoms with Crippen LogP contribution in [0.15, 0.2) is 42.5 Å². The summed E-state index contributed by atoms with van der Waals surface area (Å²) in [6, 6.07) is 9.72. The second kappa shape index (κ2) is 6.59. The van der Waals surface area contributed by atoms with Gasteiger partial charge in [0.2, 0.25) is 0 Å². The van der Waals surface area contributed by atoms with Gasteiger partial charge in [0, 0.05) is 22.2 Å². The second-order valence-corrected chi connectivity index (χ2v) is 6.83. The highest BCUT2D eigenvalue weighted by Crippen LogP contribution is 2.32. The smallest absolute Gasteiger partial charge is 0.319 e. The van der Waals surface area contributed by atoms with E-state index in [0.29, 0.717) is 21.2 Å². The molecule has 9 heteroatoms. The van der Waals surface area contributed by atoms with E-state index in [4.69, 9.17) is 23.2 Å². The lowest BCUT2D eigenvalue weighted by atomic mass is 9.92. The molecule has 1 saturated heterocycles. The van der Waals surface area contributed by atoms with Crippen molar-refractivity contribution >= 4 is 40.8 Å². The zero-order valence-electron chi connectivity index (χ0n) is 13.5. The summed E-state index contributed by atoms with van der Waals surface area (Å²) in [7, 11) is 0. The summed E-state index contributed by atoms with van der Waals surface area (Å²) >= 11 is 12.0. The van der Waals surface area contributed by atoms with E-state index in [1.165, 1.54) is 30.3 Å². The Morgan fingerprint density at radius 1 is 1.15 bits per heavy atom. The fourth-order valence-corrected chi connectivity index (χ4v) is 3.24. The number of nitro benzene ring substituents is 1. The van der Waals surface area contributed by atoms with Crippen molar-refractivity contribution in [1.29, 1.82) is 0 Å². The van der Waals surface area contributed by atoms with Crippen molar-refractivity contribution in [2.24, 2.45) is 0 Å². The number of halogens is 2. The lowest BCUT2D eigenvalue weighted by molar-refractivity contribution is -0.384. The third-order valence-corrected chi connectivity index (χ3v) is 4.86. The molecule has 0 radical (unpaired) electrons. The molecule has 134 valence electrons. The Morgan fingerprint density at radius 2 is 1.81 bits per heavy atom. The number of nitrogens with one attached hydrogen (secondary N) is 1. The number of benzene rings is 2. The molecule has 2 aromatic carbocycles. The van der Waals surface area contributed by atoms with Crippen LogP contribution in [0.1, 0.15) is 18.1 Å². The Bertz CT molecular complexity index is 917. The minimum absolute atomic E-state index is 0.0107. The molecule has 26 heavy (non-hydrogen) atoms. The first kappa shape index (κ1) is 18.2. The SMILES string of the molecule is CC1(c2ccc([N+](=O)[O-])cc2)NC(=O)N(Cc2ccc(Cl)cc2Cl)C1=O. The van der Waals surface area contributed by atoms with E-state index in [1.807, 2.05) is 0 Å². The van der Waals surface area contributed by atoms with E-state index in [-0.39, 0.29) is 12.2 Å². The Kier molecular flexibility index (Phi) is 4.60. The summed E-state index contributed by atoms with van der Waals surface area (Å²) in [5.74, 6) is -0.470. The summed E-state index contributed by atoms with van der Waals surface area (Å²) in [4.78, 5) is 36.5. The predicted octanol–water partition coefficient (Wildman–Crippen LogP) is 3.87. The molecule has 2 aromatic rings. The van der Waals surface area contributed by atoms with Crippen LogP contribution in [0.25, 0.3) is 0 Å². The van der Waals surface area contributed by atoms with Gasteiger partial charge < -0.3 is 5.32 Å². The summed E-state index contributed by atoms with van der Waals surface area (Å²) < 4.78 is 0. The molecule has 0 aliphatic carbocycles. The first-order valence-electron chi connectivity index (χ1n) is 7.55. The van der Waals surface area contributed by atoms with Crippen LogP contribution in [0.3, 0.4) is 0 Å². The van der Waals surface area contributed by atoms with Gasteiger partial charge in [0.25, 0.3) is 11.6 Å². The largest absolute Gasteiger partial charge is 0.325 e. The van der Waals surface area contributed by atoms with E-state index < -0.39 is 22.4 Å². The molecule has 7 nitrogen and oxygen atoms in total. The third-order valence-electron chi connectivity index (χ3n) is 4.27. The first-order chi connectivity index (χ1) is 12.2. The van der Waals surface area contributed by atoms with Crippen molar-refractivity contribution in [3.8, 4) is 0 Å². The van der Waals surface area contributed by atoms with E-state index in [1.54, 1.807) is 19.1 Å². The number of nitro groups is 1. The number of urea groups is 1. The molecule has 1 aliphatic rings. The molecule has 1 unspecified atom stereocenters. The van der Waals surface area contributed by atoms with Crippen LogP contribution in [-0.2, 0) is 16.9 Å². The van der Waals surface area contributed by atoms with Gasteiger partial charge in [-0.05, 0) is 42.3 Å². The summed E-state index contributed by atoms with van der Waals surface area (Å²) in [5, 5.41) is 14.2. The highest BCUT2D eigenvalue weighted by molar-refractivity contribution is 6.35. The minimum Gasteiger partial charge on any atom is -0.319 e. The second-order valence-electron chi connectivity index (χ2n) is 5.99. The minimum atomic E-state index is -1.31. The van der Waals surface area contributed by atoms with Gasteiger partial charge >= 0.3 is 6.03 Å². The van der Waals surface area contributed by atoms with Crippen molar-refractivity contribution in [2.45, 2.75) is 19.0 Å². The Balaban J connectivity index is 1.88. The van der Waals surface area contributed by atoms with Crippen LogP contribution in [-0.4, -0.2) is 21.8 Å². The summed E-state index contributed by atoms with van der Waals surface area (Å²) in [5.41, 5.74) is -0.386. The maximum atomic E-state index is 12.9. The van der Waals surface area contributed by atoms with Crippen molar-refractivity contribution in [3.05, 3.63) is 73.8 Å². The Morgan fingerprint density at radius 3 is 2.38 bits per heavy atom. The number of imide groups is 1. The Labute approximate surface area is 158 Å². The van der Waals surface area contributed by atoms with Crippen LogP contribution in [0.4, 0.5) is 10.5 Å². The van der Waals surface area contributed by atoms with Gasteiger partial charge in [0.15, 0.2) is 0 Å². The van der Waals surface area contributed by atoms with Gasteiger partial charge in [-0.1, -0.05) is 29.3 Å². The highest BCUT2D eigenvalue weighted by atomic mass is 35.5. The zero-order chi connectivity index (χ0) is 19.1. The van der Waals surface area contributed by atoms with E-state index in [2.05, 4.69) is 5.32 Å². The van der Waals surface area contributed by atoms with Gasteiger partial charge in [-0.3, -0.25) is 19.8 Å². The van der Waals surface area contributed by atoms with Gasteiger partial charge in [-0.25, -0.2) is 4.79 Å². The number of hydrogen-bond donors (Lipinski definition) is 1. The number of hydrogen-bond acceptors (Lipinski definition) is 4. The molecule has 1 N–H and O–H groups in total. The quantitative estimate of drug-likeness (QED) is 0.484. The average molecular weight is 394 g/mol. The molecular weight excluding hydrogens is 381 g/mol. The normalized spacial score (nSPS) is 19.6. The fraction of sp³-hybridized carbons (Fsp3) is 0.176. The van der Waals surface area contributed by atoms with Crippen molar-refractivity contribution < 1.29 is 14.5 Å².